The fraction of sp³-hybridized carbons (Fsp3) is 0.136. The van der Waals surface area contributed by atoms with Gasteiger partial charge in [0.1, 0.15) is 11.3 Å². The Morgan fingerprint density at radius 2 is 1.86 bits per heavy atom. The average Bonchev–Trinajstić information content (AvgIpc) is 3.12. The summed E-state index contributed by atoms with van der Waals surface area (Å²) in [6.07, 6.45) is 1.00. The standard InChI is InChI=1S/C22H19ClFN3O/c1-2-9-26-19-7-5-15(25)12-16(19)22-27-20-11-14(4-8-21(20)28-22)13-3-6-18(24)17(23)10-13/h3-8,10-12,26H,2,9,25H2,1H3. The zero-order valence-corrected chi connectivity index (χ0v) is 16.1. The van der Waals surface area contributed by atoms with E-state index in [0.717, 1.165) is 35.3 Å². The van der Waals surface area contributed by atoms with Crippen molar-refractivity contribution >= 4 is 34.1 Å². The molecular weight excluding hydrogens is 377 g/mol. The van der Waals surface area contributed by atoms with Crippen LogP contribution in [-0.4, -0.2) is 11.5 Å². The molecule has 0 spiro atoms. The molecule has 142 valence electrons. The van der Waals surface area contributed by atoms with E-state index in [-0.39, 0.29) is 5.02 Å². The Morgan fingerprint density at radius 3 is 2.64 bits per heavy atom. The van der Waals surface area contributed by atoms with E-state index in [1.807, 2.05) is 36.4 Å². The van der Waals surface area contributed by atoms with Gasteiger partial charge < -0.3 is 15.5 Å². The van der Waals surface area contributed by atoms with Gasteiger partial charge in [0, 0.05) is 17.9 Å². The molecule has 0 amide bonds. The Balaban J connectivity index is 1.77. The number of nitrogen functional groups attached to an aromatic ring is 1. The molecule has 4 rings (SSSR count). The van der Waals surface area contributed by atoms with Crippen LogP contribution >= 0.6 is 11.6 Å². The van der Waals surface area contributed by atoms with Crippen molar-refractivity contribution in [2.45, 2.75) is 13.3 Å². The van der Waals surface area contributed by atoms with Gasteiger partial charge in [0.05, 0.1) is 10.6 Å². The minimum atomic E-state index is -0.441. The van der Waals surface area contributed by atoms with Crippen molar-refractivity contribution in [3.05, 3.63) is 65.4 Å². The van der Waals surface area contributed by atoms with Crippen LogP contribution in [0.3, 0.4) is 0 Å². The molecule has 3 aromatic carbocycles. The summed E-state index contributed by atoms with van der Waals surface area (Å²) >= 11 is 5.91. The Kier molecular flexibility index (Phi) is 4.92. The van der Waals surface area contributed by atoms with Gasteiger partial charge >= 0.3 is 0 Å². The van der Waals surface area contributed by atoms with E-state index >= 15 is 0 Å². The number of benzene rings is 3. The van der Waals surface area contributed by atoms with Crippen LogP contribution in [0, 0.1) is 5.82 Å². The first-order chi connectivity index (χ1) is 13.5. The second kappa shape index (κ2) is 7.52. The van der Waals surface area contributed by atoms with Crippen molar-refractivity contribution in [1.82, 2.24) is 4.98 Å². The van der Waals surface area contributed by atoms with Gasteiger partial charge in [0.25, 0.3) is 0 Å². The summed E-state index contributed by atoms with van der Waals surface area (Å²) in [5.41, 5.74) is 11.4. The van der Waals surface area contributed by atoms with E-state index in [9.17, 15) is 4.39 Å². The first kappa shape index (κ1) is 18.3. The molecule has 3 N–H and O–H groups in total. The number of aromatic nitrogens is 1. The SMILES string of the molecule is CCCNc1ccc(N)cc1-c1nc2cc(-c3ccc(F)c(Cl)c3)ccc2o1. The minimum absolute atomic E-state index is 0.0878. The maximum absolute atomic E-state index is 13.4. The number of halogens is 2. The highest BCUT2D eigenvalue weighted by Gasteiger charge is 2.14. The quantitative estimate of drug-likeness (QED) is 0.386. The van der Waals surface area contributed by atoms with Crippen LogP contribution < -0.4 is 11.1 Å². The third-order valence-corrected chi connectivity index (χ3v) is 4.77. The van der Waals surface area contributed by atoms with Crippen molar-refractivity contribution in [3.8, 4) is 22.6 Å². The van der Waals surface area contributed by atoms with E-state index in [4.69, 9.17) is 21.8 Å². The van der Waals surface area contributed by atoms with Gasteiger partial charge in [0.15, 0.2) is 5.58 Å². The fourth-order valence-corrected chi connectivity index (χ4v) is 3.23. The number of nitrogens with zero attached hydrogens (tertiary/aromatic N) is 1. The van der Waals surface area contributed by atoms with Crippen molar-refractivity contribution in [1.29, 1.82) is 0 Å². The van der Waals surface area contributed by atoms with Gasteiger partial charge in [-0.3, -0.25) is 0 Å². The minimum Gasteiger partial charge on any atom is -0.436 e. The van der Waals surface area contributed by atoms with E-state index in [2.05, 4.69) is 17.2 Å². The van der Waals surface area contributed by atoms with Gasteiger partial charge in [-0.15, -0.1) is 0 Å². The highest BCUT2D eigenvalue weighted by Crippen LogP contribution is 2.34. The molecular formula is C22H19ClFN3O. The normalized spacial score (nSPS) is 11.1. The number of rotatable bonds is 5. The van der Waals surface area contributed by atoms with E-state index < -0.39 is 5.82 Å². The number of anilines is 2. The fourth-order valence-electron chi connectivity index (χ4n) is 3.05. The molecule has 0 radical (unpaired) electrons. The first-order valence-electron chi connectivity index (χ1n) is 9.05. The second-order valence-corrected chi connectivity index (χ2v) is 6.97. The molecule has 0 saturated carbocycles. The van der Waals surface area contributed by atoms with Crippen molar-refractivity contribution in [2.24, 2.45) is 0 Å². The largest absolute Gasteiger partial charge is 0.436 e. The zero-order chi connectivity index (χ0) is 19.7. The second-order valence-electron chi connectivity index (χ2n) is 6.56. The van der Waals surface area contributed by atoms with Gasteiger partial charge in [0.2, 0.25) is 5.89 Å². The summed E-state index contributed by atoms with van der Waals surface area (Å²) in [5, 5.41) is 3.46. The lowest BCUT2D eigenvalue weighted by Crippen LogP contribution is -2.02. The number of nitrogens with two attached hydrogens (primary N) is 1. The van der Waals surface area contributed by atoms with Crippen LogP contribution in [0.15, 0.2) is 59.0 Å². The third-order valence-electron chi connectivity index (χ3n) is 4.48. The molecule has 1 aromatic heterocycles. The number of hydrogen-bond donors (Lipinski definition) is 2. The lowest BCUT2D eigenvalue weighted by Gasteiger charge is -2.09. The number of nitrogens with one attached hydrogen (secondary N) is 1. The molecule has 0 atom stereocenters. The molecule has 0 aliphatic rings. The Labute approximate surface area is 167 Å². The molecule has 1 heterocycles. The molecule has 0 unspecified atom stereocenters. The Morgan fingerprint density at radius 1 is 1.07 bits per heavy atom. The summed E-state index contributed by atoms with van der Waals surface area (Å²) in [7, 11) is 0. The highest BCUT2D eigenvalue weighted by atomic mass is 35.5. The summed E-state index contributed by atoms with van der Waals surface area (Å²) in [5.74, 6) is 0.0548. The van der Waals surface area contributed by atoms with Gasteiger partial charge in [-0.2, -0.15) is 0 Å². The summed E-state index contributed by atoms with van der Waals surface area (Å²) in [6, 6.07) is 15.9. The first-order valence-corrected chi connectivity index (χ1v) is 9.42. The number of hydrogen-bond acceptors (Lipinski definition) is 4. The molecule has 4 aromatic rings. The highest BCUT2D eigenvalue weighted by molar-refractivity contribution is 6.31. The van der Waals surface area contributed by atoms with Gasteiger partial charge in [-0.1, -0.05) is 30.7 Å². The average molecular weight is 396 g/mol. The summed E-state index contributed by atoms with van der Waals surface area (Å²) < 4.78 is 19.4. The summed E-state index contributed by atoms with van der Waals surface area (Å²) in [6.45, 7) is 2.94. The molecule has 4 nitrogen and oxygen atoms in total. The van der Waals surface area contributed by atoms with Gasteiger partial charge in [-0.05, 0) is 60.0 Å². The summed E-state index contributed by atoms with van der Waals surface area (Å²) in [4.78, 5) is 4.65. The number of oxazole rings is 1. The van der Waals surface area contributed by atoms with Crippen LogP contribution in [-0.2, 0) is 0 Å². The lowest BCUT2D eigenvalue weighted by atomic mass is 10.1. The smallest absolute Gasteiger partial charge is 0.229 e. The third kappa shape index (κ3) is 3.53. The maximum atomic E-state index is 13.4. The molecule has 0 bridgehead atoms. The van der Waals surface area contributed by atoms with Crippen LogP contribution in [0.1, 0.15) is 13.3 Å². The topological polar surface area (TPSA) is 64.1 Å². The molecule has 0 aliphatic heterocycles. The molecule has 0 aliphatic carbocycles. The molecule has 28 heavy (non-hydrogen) atoms. The van der Waals surface area contributed by atoms with Crippen LogP contribution in [0.4, 0.5) is 15.8 Å². The van der Waals surface area contributed by atoms with Gasteiger partial charge in [-0.25, -0.2) is 9.37 Å². The van der Waals surface area contributed by atoms with Crippen LogP contribution in [0.25, 0.3) is 33.7 Å². The Bertz CT molecular complexity index is 1160. The van der Waals surface area contributed by atoms with E-state index in [0.29, 0.717) is 22.7 Å². The predicted molar refractivity (Wildman–Crippen MR) is 113 cm³/mol. The monoisotopic (exact) mass is 395 g/mol. The lowest BCUT2D eigenvalue weighted by molar-refractivity contribution is 0.620. The van der Waals surface area contributed by atoms with E-state index in [1.54, 1.807) is 12.1 Å². The maximum Gasteiger partial charge on any atom is 0.229 e. The van der Waals surface area contributed by atoms with Crippen LogP contribution in [0.2, 0.25) is 5.02 Å². The molecule has 6 heteroatoms. The Hall–Kier alpha value is -3.05. The van der Waals surface area contributed by atoms with E-state index in [1.165, 1.54) is 6.07 Å². The number of fused-ring (bicyclic) bond motifs is 1. The van der Waals surface area contributed by atoms with Crippen molar-refractivity contribution in [3.63, 3.8) is 0 Å². The van der Waals surface area contributed by atoms with Crippen molar-refractivity contribution < 1.29 is 8.81 Å². The molecule has 0 saturated heterocycles. The predicted octanol–water partition coefficient (Wildman–Crippen LogP) is 6.36. The van der Waals surface area contributed by atoms with Crippen LogP contribution in [0.5, 0.6) is 0 Å². The zero-order valence-electron chi connectivity index (χ0n) is 15.3. The van der Waals surface area contributed by atoms with Crippen molar-refractivity contribution in [2.75, 3.05) is 17.6 Å². The molecule has 0 fully saturated rings.